The molecule has 0 atom stereocenters. The highest BCUT2D eigenvalue weighted by molar-refractivity contribution is 7.01. The lowest BCUT2D eigenvalue weighted by molar-refractivity contribution is 0.590. The molecule has 286 valence electrons. The van der Waals surface area contributed by atoms with Gasteiger partial charge in [-0.3, -0.25) is 0 Å². The van der Waals surface area contributed by atoms with Crippen LogP contribution in [-0.4, -0.2) is 13.4 Å². The molecule has 0 nitrogen and oxygen atoms in total. The van der Waals surface area contributed by atoms with E-state index in [2.05, 4.69) is 204 Å². The number of hydrogen-bond donors (Lipinski definition) is 0. The zero-order chi connectivity index (χ0) is 40.8. The molecule has 0 aliphatic carbocycles. The van der Waals surface area contributed by atoms with Crippen molar-refractivity contribution in [2.24, 2.45) is 0 Å². The molecule has 2 heteroatoms. The normalized spacial score (nSPS) is 14.1. The molecular weight excluding hydrogens is 694 g/mol. The summed E-state index contributed by atoms with van der Waals surface area (Å²) < 4.78 is 0. The summed E-state index contributed by atoms with van der Waals surface area (Å²) in [7, 11) is 0. The maximum Gasteiger partial charge on any atom is 0.243 e. The summed E-state index contributed by atoms with van der Waals surface area (Å²) in [5, 5.41) is 8.17. The van der Waals surface area contributed by atoms with E-state index >= 15 is 0 Å². The van der Waals surface area contributed by atoms with E-state index in [0.717, 1.165) is 0 Å². The third-order valence-electron chi connectivity index (χ3n) is 13.8. The Balaban J connectivity index is 1.24. The molecule has 8 aromatic rings. The van der Waals surface area contributed by atoms with Crippen LogP contribution in [0.3, 0.4) is 0 Å². The largest absolute Gasteiger partial charge is 0.243 e. The Hall–Kier alpha value is -5.07. The van der Waals surface area contributed by atoms with Crippen molar-refractivity contribution in [3.63, 3.8) is 0 Å². The molecule has 10 rings (SSSR count). The predicted molar refractivity (Wildman–Crippen MR) is 258 cm³/mol. The Morgan fingerprint density at radius 2 is 0.534 bits per heavy atom. The van der Waals surface area contributed by atoms with Crippen LogP contribution in [0.25, 0.3) is 54.6 Å². The van der Waals surface area contributed by atoms with Gasteiger partial charge in [0.2, 0.25) is 13.4 Å². The van der Waals surface area contributed by atoms with Crippen molar-refractivity contribution < 1.29 is 0 Å². The van der Waals surface area contributed by atoms with E-state index in [9.17, 15) is 0 Å². The van der Waals surface area contributed by atoms with Crippen molar-refractivity contribution in [2.75, 3.05) is 0 Å². The first-order valence-corrected chi connectivity index (χ1v) is 21.6. The van der Waals surface area contributed by atoms with Gasteiger partial charge in [0, 0.05) is 0 Å². The third kappa shape index (κ3) is 5.57. The first kappa shape index (κ1) is 37.2. The second kappa shape index (κ2) is 12.2. The summed E-state index contributed by atoms with van der Waals surface area (Å²) in [6, 6.07) is 48.6. The predicted octanol–water partition coefficient (Wildman–Crippen LogP) is 10.8. The molecule has 0 fully saturated rings. The van der Waals surface area contributed by atoms with Gasteiger partial charge in [0.15, 0.2) is 0 Å². The van der Waals surface area contributed by atoms with Crippen LogP contribution >= 0.6 is 0 Å². The van der Waals surface area contributed by atoms with Gasteiger partial charge in [0.05, 0.1) is 0 Å². The third-order valence-corrected chi connectivity index (χ3v) is 13.8. The van der Waals surface area contributed by atoms with Gasteiger partial charge >= 0.3 is 0 Å². The van der Waals surface area contributed by atoms with E-state index in [1.807, 2.05) is 0 Å². The van der Waals surface area contributed by atoms with Gasteiger partial charge < -0.3 is 0 Å². The summed E-state index contributed by atoms with van der Waals surface area (Å²) in [6.45, 7) is 28.4. The van der Waals surface area contributed by atoms with Gasteiger partial charge in [0.1, 0.15) is 0 Å². The molecule has 0 spiro atoms. The van der Waals surface area contributed by atoms with Gasteiger partial charge in [-0.25, -0.2) is 0 Å². The zero-order valence-corrected chi connectivity index (χ0v) is 36.7. The Morgan fingerprint density at radius 3 is 0.793 bits per heavy atom. The molecule has 0 saturated heterocycles. The van der Waals surface area contributed by atoms with Crippen molar-refractivity contribution in [3.05, 3.63) is 144 Å². The smallest absolute Gasteiger partial charge is 0.0657 e. The molecule has 8 aromatic carbocycles. The molecular formula is C56H56B2. The standard InChI is InChI=1S/C56H56B2/c1-53(2,3)35-17-21-39-40-22-18-36(54(4,5)6)30-48(40)57(47(39)29-35)45-27-15-33-13-14-34-16-28-46(44-26-25-43(45)51(33)52(34)44)58-49-31-37(55(7,8)9)19-23-41(49)42-24-20-38(32-50(42)58)56(10,11)12/h13-32H,1-12H3. The fourth-order valence-electron chi connectivity index (χ4n) is 10.4. The summed E-state index contributed by atoms with van der Waals surface area (Å²) in [5.41, 5.74) is 19.9. The molecule has 0 bridgehead atoms. The summed E-state index contributed by atoms with van der Waals surface area (Å²) in [5.74, 6) is 0. The first-order valence-electron chi connectivity index (χ1n) is 21.6. The van der Waals surface area contributed by atoms with Crippen molar-refractivity contribution in [1.29, 1.82) is 0 Å². The quantitative estimate of drug-likeness (QED) is 0.122. The summed E-state index contributed by atoms with van der Waals surface area (Å²) >= 11 is 0. The Bertz CT molecular complexity index is 2660. The number of rotatable bonds is 2. The molecule has 2 aliphatic rings. The highest BCUT2D eigenvalue weighted by atomic mass is 14.3. The molecule has 2 heterocycles. The molecule has 0 N–H and O–H groups in total. The number of benzene rings is 8. The minimum atomic E-state index is 0.0583. The average molecular weight is 751 g/mol. The SMILES string of the molecule is CC(C)(C)c1ccc2c(c1)B(c1ccc3ccc4ccc(B5c6cc(C(C)(C)C)ccc6-c6ccc(C(C)(C)C)cc65)c5ccc1c3c45)c1cc(C(C)(C)C)ccc1-2. The molecule has 0 saturated carbocycles. The lowest BCUT2D eigenvalue weighted by atomic mass is 9.37. The molecule has 0 unspecified atom stereocenters. The second-order valence-corrected chi connectivity index (χ2v) is 21.8. The van der Waals surface area contributed by atoms with Crippen LogP contribution in [0.5, 0.6) is 0 Å². The van der Waals surface area contributed by atoms with E-state index in [1.54, 1.807) is 0 Å². The van der Waals surface area contributed by atoms with Crippen LogP contribution < -0.4 is 32.8 Å². The van der Waals surface area contributed by atoms with E-state index in [1.165, 1.54) is 110 Å². The lowest BCUT2D eigenvalue weighted by Crippen LogP contribution is -2.50. The van der Waals surface area contributed by atoms with Gasteiger partial charge in [-0.2, -0.15) is 0 Å². The van der Waals surface area contributed by atoms with Crippen LogP contribution in [0.1, 0.15) is 105 Å². The van der Waals surface area contributed by atoms with E-state index in [-0.39, 0.29) is 35.1 Å². The van der Waals surface area contributed by atoms with E-state index in [4.69, 9.17) is 0 Å². The lowest BCUT2D eigenvalue weighted by Gasteiger charge is -2.24. The maximum absolute atomic E-state index is 2.53. The molecule has 58 heavy (non-hydrogen) atoms. The van der Waals surface area contributed by atoms with E-state index < -0.39 is 0 Å². The van der Waals surface area contributed by atoms with Gasteiger partial charge in [0.25, 0.3) is 0 Å². The van der Waals surface area contributed by atoms with Crippen LogP contribution in [0.15, 0.2) is 121 Å². The minimum Gasteiger partial charge on any atom is -0.0657 e. The Morgan fingerprint density at radius 1 is 0.276 bits per heavy atom. The molecule has 2 aliphatic heterocycles. The van der Waals surface area contributed by atoms with Gasteiger partial charge in [-0.15, -0.1) is 0 Å². The van der Waals surface area contributed by atoms with Crippen LogP contribution in [-0.2, 0) is 21.7 Å². The van der Waals surface area contributed by atoms with Crippen molar-refractivity contribution in [1.82, 2.24) is 0 Å². The van der Waals surface area contributed by atoms with E-state index in [0.29, 0.717) is 0 Å². The minimum absolute atomic E-state index is 0.0583. The molecule has 0 aromatic heterocycles. The monoisotopic (exact) mass is 750 g/mol. The topological polar surface area (TPSA) is 0 Å². The van der Waals surface area contributed by atoms with Crippen LogP contribution in [0.4, 0.5) is 0 Å². The second-order valence-electron chi connectivity index (χ2n) is 21.8. The maximum atomic E-state index is 2.53. The van der Waals surface area contributed by atoms with Gasteiger partial charge in [-0.1, -0.05) is 237 Å². The Kier molecular flexibility index (Phi) is 7.85. The fraction of sp³-hybridized carbons (Fsp3) is 0.286. The molecule has 0 radical (unpaired) electrons. The molecule has 0 amide bonds. The zero-order valence-electron chi connectivity index (χ0n) is 36.7. The van der Waals surface area contributed by atoms with Crippen molar-refractivity contribution in [3.8, 4) is 22.3 Å². The highest BCUT2D eigenvalue weighted by Gasteiger charge is 2.39. The first-order chi connectivity index (χ1) is 27.3. The number of fused-ring (bicyclic) bond motifs is 6. The summed E-state index contributed by atoms with van der Waals surface area (Å²) in [6.07, 6.45) is 0. The van der Waals surface area contributed by atoms with Crippen molar-refractivity contribution in [2.45, 2.75) is 105 Å². The van der Waals surface area contributed by atoms with Crippen LogP contribution in [0, 0.1) is 0 Å². The average Bonchev–Trinajstić information content (AvgIpc) is 3.66. The highest BCUT2D eigenvalue weighted by Crippen LogP contribution is 2.38. The van der Waals surface area contributed by atoms with Gasteiger partial charge in [-0.05, 0) is 98.5 Å². The van der Waals surface area contributed by atoms with Crippen molar-refractivity contribution >= 4 is 78.5 Å². The summed E-state index contributed by atoms with van der Waals surface area (Å²) in [4.78, 5) is 0. The number of hydrogen-bond acceptors (Lipinski definition) is 0. The fourth-order valence-corrected chi connectivity index (χ4v) is 10.4. The van der Waals surface area contributed by atoms with Crippen LogP contribution in [0.2, 0.25) is 0 Å². The Labute approximate surface area is 347 Å².